The van der Waals surface area contributed by atoms with Crippen molar-refractivity contribution in [3.63, 3.8) is 0 Å². The van der Waals surface area contributed by atoms with Crippen molar-refractivity contribution in [2.45, 2.75) is 44.7 Å². The van der Waals surface area contributed by atoms with Gasteiger partial charge in [-0.3, -0.25) is 9.69 Å². The van der Waals surface area contributed by atoms with Gasteiger partial charge in [-0.05, 0) is 55.1 Å². The van der Waals surface area contributed by atoms with E-state index < -0.39 is 0 Å². The first-order chi connectivity index (χ1) is 11.2. The fraction of sp³-hybridized carbons (Fsp3) is 0.450. The number of hydrogen-bond acceptors (Lipinski definition) is 3. The summed E-state index contributed by atoms with van der Waals surface area (Å²) in [5.41, 5.74) is 1.36. The van der Waals surface area contributed by atoms with Gasteiger partial charge in [0.05, 0.1) is 7.11 Å². The quantitative estimate of drug-likeness (QED) is 0.713. The van der Waals surface area contributed by atoms with Crippen molar-refractivity contribution < 1.29 is 9.53 Å². The minimum Gasteiger partial charge on any atom is -0.469 e. The fourth-order valence-corrected chi connectivity index (χ4v) is 3.27. The van der Waals surface area contributed by atoms with E-state index in [0.717, 1.165) is 13.0 Å². The summed E-state index contributed by atoms with van der Waals surface area (Å²) in [6.07, 6.45) is 3.91. The summed E-state index contributed by atoms with van der Waals surface area (Å²) >= 11 is 0. The van der Waals surface area contributed by atoms with Gasteiger partial charge < -0.3 is 4.74 Å². The number of benzene rings is 2. The molecule has 3 rings (SSSR count). The van der Waals surface area contributed by atoms with Crippen LogP contribution >= 0.6 is 0 Å². The predicted octanol–water partition coefficient (Wildman–Crippen LogP) is 4.32. The number of fused-ring (bicyclic) bond motifs is 1. The van der Waals surface area contributed by atoms with Crippen LogP contribution in [0.25, 0.3) is 10.8 Å². The third-order valence-corrected chi connectivity index (χ3v) is 4.79. The highest BCUT2D eigenvalue weighted by molar-refractivity contribution is 5.83. The highest BCUT2D eigenvalue weighted by Gasteiger charge is 2.32. The van der Waals surface area contributed by atoms with Crippen LogP contribution in [0.5, 0.6) is 0 Å². The second-order valence-corrected chi connectivity index (χ2v) is 6.43. The van der Waals surface area contributed by atoms with Crippen molar-refractivity contribution in [1.82, 2.24) is 4.90 Å². The van der Waals surface area contributed by atoms with Gasteiger partial charge in [0.1, 0.15) is 0 Å². The molecule has 1 unspecified atom stereocenters. The first kappa shape index (κ1) is 16.0. The van der Waals surface area contributed by atoms with Crippen LogP contribution in [0.1, 0.15) is 44.2 Å². The third-order valence-electron chi connectivity index (χ3n) is 4.79. The minimum absolute atomic E-state index is 0.112. The first-order valence-corrected chi connectivity index (χ1v) is 8.50. The highest BCUT2D eigenvalue weighted by Crippen LogP contribution is 2.35. The lowest BCUT2D eigenvalue weighted by Gasteiger charge is -2.29. The monoisotopic (exact) mass is 311 g/mol. The molecule has 2 aromatic rings. The van der Waals surface area contributed by atoms with Crippen LogP contribution in [0.3, 0.4) is 0 Å². The lowest BCUT2D eigenvalue weighted by atomic mass is 10.0. The molecule has 0 bridgehead atoms. The SMILES string of the molecule is COC(=O)CCCN(C1CC1)C(C)c1ccc2ccccc2c1. The molecule has 2 aromatic carbocycles. The zero-order valence-corrected chi connectivity index (χ0v) is 14.0. The van der Waals surface area contributed by atoms with Gasteiger partial charge >= 0.3 is 5.97 Å². The molecule has 1 aliphatic rings. The highest BCUT2D eigenvalue weighted by atomic mass is 16.5. The molecule has 0 heterocycles. The maximum absolute atomic E-state index is 11.3. The van der Waals surface area contributed by atoms with Gasteiger partial charge in [0, 0.05) is 18.5 Å². The predicted molar refractivity (Wildman–Crippen MR) is 93.3 cm³/mol. The summed E-state index contributed by atoms with van der Waals surface area (Å²) in [5.74, 6) is -0.112. The molecule has 0 radical (unpaired) electrons. The van der Waals surface area contributed by atoms with E-state index in [0.29, 0.717) is 18.5 Å². The van der Waals surface area contributed by atoms with Gasteiger partial charge in [0.15, 0.2) is 0 Å². The Hall–Kier alpha value is -1.87. The van der Waals surface area contributed by atoms with Crippen molar-refractivity contribution in [2.75, 3.05) is 13.7 Å². The average Bonchev–Trinajstić information content (AvgIpc) is 3.42. The van der Waals surface area contributed by atoms with Gasteiger partial charge in [0.2, 0.25) is 0 Å². The summed E-state index contributed by atoms with van der Waals surface area (Å²) in [6, 6.07) is 16.3. The molecule has 0 amide bonds. The van der Waals surface area contributed by atoms with Gasteiger partial charge in [0.25, 0.3) is 0 Å². The summed E-state index contributed by atoms with van der Waals surface area (Å²) in [7, 11) is 1.46. The summed E-state index contributed by atoms with van der Waals surface area (Å²) in [4.78, 5) is 13.9. The van der Waals surface area contributed by atoms with Crippen LogP contribution in [0.4, 0.5) is 0 Å². The molecule has 1 saturated carbocycles. The van der Waals surface area contributed by atoms with Crippen LogP contribution in [0.2, 0.25) is 0 Å². The normalized spacial score (nSPS) is 15.8. The van der Waals surface area contributed by atoms with Crippen LogP contribution in [0.15, 0.2) is 42.5 Å². The molecule has 1 aliphatic carbocycles. The molecule has 1 fully saturated rings. The van der Waals surface area contributed by atoms with E-state index in [2.05, 4.69) is 54.3 Å². The maximum Gasteiger partial charge on any atom is 0.305 e. The van der Waals surface area contributed by atoms with Crippen molar-refractivity contribution in [1.29, 1.82) is 0 Å². The Bertz CT molecular complexity index is 678. The Kier molecular flexibility index (Phi) is 4.97. The molecule has 0 aliphatic heterocycles. The number of ether oxygens (including phenoxy) is 1. The second-order valence-electron chi connectivity index (χ2n) is 6.43. The number of carbonyl (C=O) groups is 1. The average molecular weight is 311 g/mol. The Morgan fingerprint density at radius 1 is 1.22 bits per heavy atom. The molecule has 1 atom stereocenters. The largest absolute Gasteiger partial charge is 0.469 e. The number of carbonyl (C=O) groups excluding carboxylic acids is 1. The van der Waals surface area contributed by atoms with Crippen molar-refractivity contribution in [2.24, 2.45) is 0 Å². The van der Waals surface area contributed by atoms with Gasteiger partial charge in [-0.1, -0.05) is 36.4 Å². The van der Waals surface area contributed by atoms with E-state index in [1.807, 2.05) is 0 Å². The van der Waals surface area contributed by atoms with Gasteiger partial charge in [-0.2, -0.15) is 0 Å². The van der Waals surface area contributed by atoms with Crippen LogP contribution in [0, 0.1) is 0 Å². The Balaban J connectivity index is 1.71. The van der Waals surface area contributed by atoms with E-state index in [-0.39, 0.29) is 5.97 Å². The summed E-state index contributed by atoms with van der Waals surface area (Å²) < 4.78 is 4.74. The lowest BCUT2D eigenvalue weighted by molar-refractivity contribution is -0.140. The third kappa shape index (κ3) is 3.91. The van der Waals surface area contributed by atoms with Crippen LogP contribution < -0.4 is 0 Å². The molecule has 0 spiro atoms. The molecular formula is C20H25NO2. The number of nitrogens with zero attached hydrogens (tertiary/aromatic N) is 1. The fourth-order valence-electron chi connectivity index (χ4n) is 3.27. The number of esters is 1. The van der Waals surface area contributed by atoms with E-state index in [9.17, 15) is 4.79 Å². The molecule has 0 saturated heterocycles. The number of methoxy groups -OCH3 is 1. The Labute approximate surface area is 138 Å². The van der Waals surface area contributed by atoms with E-state index in [1.165, 1.54) is 36.3 Å². The molecule has 0 N–H and O–H groups in total. The molecule has 3 nitrogen and oxygen atoms in total. The van der Waals surface area contributed by atoms with Gasteiger partial charge in [-0.15, -0.1) is 0 Å². The molecule has 23 heavy (non-hydrogen) atoms. The Morgan fingerprint density at radius 3 is 2.65 bits per heavy atom. The first-order valence-electron chi connectivity index (χ1n) is 8.50. The van der Waals surface area contributed by atoms with E-state index in [1.54, 1.807) is 0 Å². The van der Waals surface area contributed by atoms with Gasteiger partial charge in [-0.25, -0.2) is 0 Å². The lowest BCUT2D eigenvalue weighted by Crippen LogP contribution is -2.30. The molecule has 0 aromatic heterocycles. The van der Waals surface area contributed by atoms with Crippen molar-refractivity contribution in [3.05, 3.63) is 48.0 Å². The topological polar surface area (TPSA) is 29.5 Å². The zero-order valence-electron chi connectivity index (χ0n) is 14.0. The van der Waals surface area contributed by atoms with E-state index >= 15 is 0 Å². The Morgan fingerprint density at radius 2 is 1.96 bits per heavy atom. The van der Waals surface area contributed by atoms with Crippen molar-refractivity contribution >= 4 is 16.7 Å². The summed E-state index contributed by atoms with van der Waals surface area (Å²) in [6.45, 7) is 3.23. The zero-order chi connectivity index (χ0) is 16.2. The van der Waals surface area contributed by atoms with Crippen LogP contribution in [-0.2, 0) is 9.53 Å². The number of hydrogen-bond donors (Lipinski definition) is 0. The summed E-state index contributed by atoms with van der Waals surface area (Å²) in [5, 5.41) is 2.58. The molecular weight excluding hydrogens is 286 g/mol. The van der Waals surface area contributed by atoms with Crippen LogP contribution in [-0.4, -0.2) is 30.6 Å². The standard InChI is InChI=1S/C20H25NO2/c1-15(17-10-9-16-6-3-4-7-18(16)14-17)21(19-11-12-19)13-5-8-20(22)23-2/h3-4,6-7,9-10,14-15,19H,5,8,11-13H2,1-2H3. The molecule has 3 heteroatoms. The smallest absolute Gasteiger partial charge is 0.305 e. The second kappa shape index (κ2) is 7.14. The van der Waals surface area contributed by atoms with Crippen molar-refractivity contribution in [3.8, 4) is 0 Å². The number of rotatable bonds is 7. The van der Waals surface area contributed by atoms with E-state index in [4.69, 9.17) is 4.74 Å². The maximum atomic E-state index is 11.3. The molecule has 122 valence electrons. The minimum atomic E-state index is -0.112.